The Morgan fingerprint density at radius 1 is 1.44 bits per heavy atom. The predicted molar refractivity (Wildman–Crippen MR) is 72.4 cm³/mol. The fourth-order valence-electron chi connectivity index (χ4n) is 1.37. The first-order valence-electron chi connectivity index (χ1n) is 5.37. The highest BCUT2D eigenvalue weighted by Gasteiger charge is 2.12. The summed E-state index contributed by atoms with van der Waals surface area (Å²) >= 11 is 1.67. The van der Waals surface area contributed by atoms with Gasteiger partial charge in [0.05, 0.1) is 10.6 Å². The molecular weight excluding hydrogens is 254 g/mol. The molecule has 0 spiro atoms. The number of anilines is 1. The van der Waals surface area contributed by atoms with Crippen LogP contribution in [0.1, 0.15) is 12.8 Å². The van der Waals surface area contributed by atoms with Gasteiger partial charge in [-0.15, -0.1) is 0 Å². The van der Waals surface area contributed by atoms with E-state index in [1.165, 1.54) is 24.3 Å². The maximum Gasteiger partial charge on any atom is 0.269 e. The van der Waals surface area contributed by atoms with Gasteiger partial charge in [0, 0.05) is 18.6 Å². The van der Waals surface area contributed by atoms with Crippen molar-refractivity contribution in [2.45, 2.75) is 12.8 Å². The SMILES string of the molecule is CSCCCC(=O)N(N)c1ccc([N+](=O)[O-])cc1. The average Bonchev–Trinajstić information content (AvgIpc) is 2.38. The molecule has 2 N–H and O–H groups in total. The first-order chi connectivity index (χ1) is 8.56. The second-order valence-electron chi connectivity index (χ2n) is 3.63. The number of carbonyl (C=O) groups is 1. The van der Waals surface area contributed by atoms with Gasteiger partial charge in [-0.2, -0.15) is 11.8 Å². The van der Waals surface area contributed by atoms with Crippen molar-refractivity contribution in [2.75, 3.05) is 17.0 Å². The van der Waals surface area contributed by atoms with Gasteiger partial charge < -0.3 is 0 Å². The van der Waals surface area contributed by atoms with Crippen LogP contribution in [-0.4, -0.2) is 22.8 Å². The summed E-state index contributed by atoms with van der Waals surface area (Å²) in [5.41, 5.74) is 0.428. The van der Waals surface area contributed by atoms with E-state index in [-0.39, 0.29) is 11.6 Å². The van der Waals surface area contributed by atoms with E-state index >= 15 is 0 Å². The van der Waals surface area contributed by atoms with Gasteiger partial charge in [0.15, 0.2) is 0 Å². The molecule has 0 saturated carbocycles. The van der Waals surface area contributed by atoms with E-state index in [0.717, 1.165) is 17.2 Å². The molecule has 0 heterocycles. The molecule has 7 heteroatoms. The van der Waals surface area contributed by atoms with Gasteiger partial charge in [-0.05, 0) is 30.6 Å². The lowest BCUT2D eigenvalue weighted by Gasteiger charge is -2.16. The molecule has 0 unspecified atom stereocenters. The van der Waals surface area contributed by atoms with Crippen molar-refractivity contribution in [3.8, 4) is 0 Å². The number of nitro benzene ring substituents is 1. The van der Waals surface area contributed by atoms with Crippen molar-refractivity contribution in [1.82, 2.24) is 0 Å². The third-order valence-electron chi connectivity index (χ3n) is 2.35. The number of hydrogen-bond acceptors (Lipinski definition) is 5. The van der Waals surface area contributed by atoms with E-state index in [1.54, 1.807) is 11.8 Å². The van der Waals surface area contributed by atoms with Crippen molar-refractivity contribution < 1.29 is 9.72 Å². The lowest BCUT2D eigenvalue weighted by atomic mass is 10.2. The zero-order chi connectivity index (χ0) is 13.5. The largest absolute Gasteiger partial charge is 0.273 e. The number of thioether (sulfide) groups is 1. The Kier molecular flexibility index (Phi) is 5.60. The number of nitrogens with two attached hydrogens (primary N) is 1. The molecular formula is C11H15N3O3S. The maximum absolute atomic E-state index is 11.7. The fourth-order valence-corrected chi connectivity index (χ4v) is 1.80. The molecule has 0 aliphatic heterocycles. The minimum absolute atomic E-state index is 0.0259. The van der Waals surface area contributed by atoms with E-state index in [1.807, 2.05) is 6.26 Å². The number of hydrazine groups is 1. The lowest BCUT2D eigenvalue weighted by Crippen LogP contribution is -2.37. The second-order valence-corrected chi connectivity index (χ2v) is 4.62. The molecule has 0 bridgehead atoms. The van der Waals surface area contributed by atoms with E-state index in [0.29, 0.717) is 12.1 Å². The molecule has 0 aromatic heterocycles. The number of carbonyl (C=O) groups excluding carboxylic acids is 1. The van der Waals surface area contributed by atoms with E-state index < -0.39 is 4.92 Å². The Morgan fingerprint density at radius 3 is 2.56 bits per heavy atom. The maximum atomic E-state index is 11.7. The van der Waals surface area contributed by atoms with Crippen LogP contribution in [0.2, 0.25) is 0 Å². The Hall–Kier alpha value is -1.60. The fraction of sp³-hybridized carbons (Fsp3) is 0.364. The van der Waals surface area contributed by atoms with Crippen LogP contribution >= 0.6 is 11.8 Å². The van der Waals surface area contributed by atoms with Crippen molar-refractivity contribution in [1.29, 1.82) is 0 Å². The molecule has 1 amide bonds. The predicted octanol–water partition coefficient (Wildman–Crippen LogP) is 1.94. The number of rotatable bonds is 6. The van der Waals surface area contributed by atoms with Gasteiger partial charge in [0.2, 0.25) is 5.91 Å². The molecule has 18 heavy (non-hydrogen) atoms. The first-order valence-corrected chi connectivity index (χ1v) is 6.76. The van der Waals surface area contributed by atoms with Gasteiger partial charge in [0.1, 0.15) is 0 Å². The van der Waals surface area contributed by atoms with Gasteiger partial charge in [-0.25, -0.2) is 10.9 Å². The molecule has 1 aromatic carbocycles. The molecule has 0 fully saturated rings. The molecule has 1 rings (SSSR count). The van der Waals surface area contributed by atoms with Crippen molar-refractivity contribution >= 4 is 29.0 Å². The van der Waals surface area contributed by atoms with Crippen molar-refractivity contribution in [3.05, 3.63) is 34.4 Å². The van der Waals surface area contributed by atoms with Crippen LogP contribution in [0.25, 0.3) is 0 Å². The summed E-state index contributed by atoms with van der Waals surface area (Å²) in [5, 5.41) is 11.5. The average molecular weight is 269 g/mol. The first kappa shape index (κ1) is 14.5. The van der Waals surface area contributed by atoms with E-state index in [4.69, 9.17) is 5.84 Å². The summed E-state index contributed by atoms with van der Waals surface area (Å²) in [7, 11) is 0. The molecule has 0 radical (unpaired) electrons. The van der Waals surface area contributed by atoms with Gasteiger partial charge in [0.25, 0.3) is 5.69 Å². The molecule has 0 aliphatic carbocycles. The van der Waals surface area contributed by atoms with Crippen LogP contribution in [0, 0.1) is 10.1 Å². The number of hydrogen-bond donors (Lipinski definition) is 1. The summed E-state index contributed by atoms with van der Waals surface area (Å²) in [6.45, 7) is 0. The normalized spacial score (nSPS) is 10.1. The molecule has 0 aliphatic rings. The highest BCUT2D eigenvalue weighted by Crippen LogP contribution is 2.18. The molecule has 0 saturated heterocycles. The van der Waals surface area contributed by atoms with Gasteiger partial charge >= 0.3 is 0 Å². The van der Waals surface area contributed by atoms with Crippen LogP contribution in [0.3, 0.4) is 0 Å². The van der Waals surface area contributed by atoms with E-state index in [2.05, 4.69) is 0 Å². The standard InChI is InChI=1S/C11H15N3O3S/c1-18-8-2-3-11(15)13(12)9-4-6-10(7-5-9)14(16)17/h4-7H,2-3,8,12H2,1H3. The minimum atomic E-state index is -0.495. The summed E-state index contributed by atoms with van der Waals surface area (Å²) in [6, 6.07) is 5.57. The molecule has 1 aromatic rings. The van der Waals surface area contributed by atoms with Crippen LogP contribution in [0.5, 0.6) is 0 Å². The molecule has 6 nitrogen and oxygen atoms in total. The molecule has 0 atom stereocenters. The topological polar surface area (TPSA) is 89.5 Å². The second kappa shape index (κ2) is 6.97. The summed E-state index contributed by atoms with van der Waals surface area (Å²) in [5.74, 6) is 6.36. The van der Waals surface area contributed by atoms with Gasteiger partial charge in [-0.3, -0.25) is 14.9 Å². The number of benzene rings is 1. The summed E-state index contributed by atoms with van der Waals surface area (Å²) in [4.78, 5) is 21.7. The smallest absolute Gasteiger partial charge is 0.269 e. The zero-order valence-corrected chi connectivity index (χ0v) is 10.9. The van der Waals surface area contributed by atoms with Gasteiger partial charge in [-0.1, -0.05) is 0 Å². The minimum Gasteiger partial charge on any atom is -0.273 e. The number of nitro groups is 1. The number of amides is 1. The third kappa shape index (κ3) is 4.01. The van der Waals surface area contributed by atoms with E-state index in [9.17, 15) is 14.9 Å². The lowest BCUT2D eigenvalue weighted by molar-refractivity contribution is -0.384. The van der Waals surface area contributed by atoms with Crippen molar-refractivity contribution in [2.24, 2.45) is 5.84 Å². The quantitative estimate of drug-likeness (QED) is 0.280. The summed E-state index contributed by atoms with van der Waals surface area (Å²) in [6.07, 6.45) is 3.11. The highest BCUT2D eigenvalue weighted by atomic mass is 32.2. The zero-order valence-electron chi connectivity index (χ0n) is 10.0. The Morgan fingerprint density at radius 2 is 2.06 bits per heavy atom. The Balaban J connectivity index is 2.63. The monoisotopic (exact) mass is 269 g/mol. The van der Waals surface area contributed by atoms with Crippen LogP contribution in [0.15, 0.2) is 24.3 Å². The highest BCUT2D eigenvalue weighted by molar-refractivity contribution is 7.98. The van der Waals surface area contributed by atoms with Crippen LogP contribution in [-0.2, 0) is 4.79 Å². The number of nitrogens with zero attached hydrogens (tertiary/aromatic N) is 2. The molecule has 98 valence electrons. The van der Waals surface area contributed by atoms with Crippen LogP contribution in [0.4, 0.5) is 11.4 Å². The van der Waals surface area contributed by atoms with Crippen LogP contribution < -0.4 is 10.9 Å². The Labute approximate surface area is 109 Å². The number of non-ortho nitro benzene ring substituents is 1. The Bertz CT molecular complexity index is 422. The van der Waals surface area contributed by atoms with Crippen molar-refractivity contribution in [3.63, 3.8) is 0 Å². The summed E-state index contributed by atoms with van der Waals surface area (Å²) < 4.78 is 0. The third-order valence-corrected chi connectivity index (χ3v) is 3.04.